The third kappa shape index (κ3) is 2.84. The van der Waals surface area contributed by atoms with Gasteiger partial charge >= 0.3 is 0 Å². The van der Waals surface area contributed by atoms with Gasteiger partial charge < -0.3 is 10.5 Å². The number of hydrogen-bond acceptors (Lipinski definition) is 3. The second-order valence-electron chi connectivity index (χ2n) is 5.69. The van der Waals surface area contributed by atoms with Crippen molar-refractivity contribution in [3.05, 3.63) is 42.1 Å². The highest BCUT2D eigenvalue weighted by Crippen LogP contribution is 2.31. The number of pyridine rings is 1. The molecular weight excluding hydrogens is 248 g/mol. The van der Waals surface area contributed by atoms with Gasteiger partial charge in [-0.15, -0.1) is 0 Å². The van der Waals surface area contributed by atoms with Crippen LogP contribution in [0.3, 0.4) is 0 Å². The van der Waals surface area contributed by atoms with Crippen LogP contribution in [0.25, 0.3) is 10.9 Å². The summed E-state index contributed by atoms with van der Waals surface area (Å²) in [5, 5.41) is 1.19. The summed E-state index contributed by atoms with van der Waals surface area (Å²) in [6.45, 7) is 2.29. The molecule has 1 saturated carbocycles. The number of hydrogen-bond donors (Lipinski definition) is 1. The zero-order valence-electron chi connectivity index (χ0n) is 11.8. The van der Waals surface area contributed by atoms with E-state index in [1.54, 1.807) is 0 Å². The molecule has 0 radical (unpaired) electrons. The molecule has 1 aromatic heterocycles. The first kappa shape index (κ1) is 13.5. The zero-order valence-corrected chi connectivity index (χ0v) is 11.8. The molecule has 0 saturated heterocycles. The molecule has 3 nitrogen and oxygen atoms in total. The number of nitrogens with zero attached hydrogens (tertiary/aromatic N) is 1. The van der Waals surface area contributed by atoms with Crippen LogP contribution in [0.1, 0.15) is 24.8 Å². The minimum absolute atomic E-state index is 0.646. The molecule has 1 aliphatic carbocycles. The number of aromatic nitrogens is 1. The molecule has 1 fully saturated rings. The lowest BCUT2D eigenvalue weighted by Gasteiger charge is -2.18. The van der Waals surface area contributed by atoms with Gasteiger partial charge in [-0.05, 0) is 48.9 Å². The highest BCUT2D eigenvalue weighted by Gasteiger charge is 2.25. The van der Waals surface area contributed by atoms with Crippen molar-refractivity contribution < 1.29 is 4.74 Å². The third-order valence-corrected chi connectivity index (χ3v) is 4.45. The van der Waals surface area contributed by atoms with Crippen LogP contribution >= 0.6 is 0 Å². The Kier molecular flexibility index (Phi) is 4.28. The van der Waals surface area contributed by atoms with Gasteiger partial charge in [0.15, 0.2) is 0 Å². The van der Waals surface area contributed by atoms with E-state index < -0.39 is 0 Å². The highest BCUT2D eigenvalue weighted by atomic mass is 16.5. The zero-order chi connectivity index (χ0) is 13.8. The molecule has 2 atom stereocenters. The molecular formula is C17H22N2O. The summed E-state index contributed by atoms with van der Waals surface area (Å²) >= 11 is 0. The molecule has 0 bridgehead atoms. The molecule has 2 aromatic rings. The van der Waals surface area contributed by atoms with Gasteiger partial charge in [-0.3, -0.25) is 4.98 Å². The van der Waals surface area contributed by atoms with Gasteiger partial charge in [-0.1, -0.05) is 24.6 Å². The standard InChI is InChI=1S/C17H22N2O/c18-10-13-4-3-5-14(13)11-20-12-15-8-9-19-17-7-2-1-6-16(15)17/h1-2,6-9,13-14H,3-5,10-12,18H2. The number of ether oxygens (including phenoxy) is 1. The van der Waals surface area contributed by atoms with Crippen LogP contribution in [-0.2, 0) is 11.3 Å². The van der Waals surface area contributed by atoms with E-state index in [-0.39, 0.29) is 0 Å². The SMILES string of the molecule is NCC1CCCC1COCc1ccnc2ccccc12. The number of fused-ring (bicyclic) bond motifs is 1. The molecule has 106 valence electrons. The molecule has 0 amide bonds. The minimum atomic E-state index is 0.646. The maximum atomic E-state index is 5.96. The van der Waals surface area contributed by atoms with Crippen molar-refractivity contribution in [2.75, 3.05) is 13.2 Å². The van der Waals surface area contributed by atoms with Crippen molar-refractivity contribution >= 4 is 10.9 Å². The van der Waals surface area contributed by atoms with E-state index in [1.165, 1.54) is 30.2 Å². The monoisotopic (exact) mass is 270 g/mol. The normalized spacial score (nSPS) is 22.4. The molecule has 3 rings (SSSR count). The fraction of sp³-hybridized carbons (Fsp3) is 0.471. The van der Waals surface area contributed by atoms with Crippen LogP contribution < -0.4 is 5.73 Å². The molecule has 2 N–H and O–H groups in total. The lowest BCUT2D eigenvalue weighted by Crippen LogP contribution is -2.22. The quantitative estimate of drug-likeness (QED) is 0.908. The second kappa shape index (κ2) is 6.33. The van der Waals surface area contributed by atoms with E-state index in [9.17, 15) is 0 Å². The fourth-order valence-corrected chi connectivity index (χ4v) is 3.24. The topological polar surface area (TPSA) is 48.1 Å². The largest absolute Gasteiger partial charge is 0.376 e. The first-order valence-corrected chi connectivity index (χ1v) is 7.49. The van der Waals surface area contributed by atoms with Crippen molar-refractivity contribution in [3.63, 3.8) is 0 Å². The van der Waals surface area contributed by atoms with Crippen molar-refractivity contribution in [2.45, 2.75) is 25.9 Å². The number of benzene rings is 1. The molecule has 1 heterocycles. The van der Waals surface area contributed by atoms with Gasteiger partial charge in [0.1, 0.15) is 0 Å². The van der Waals surface area contributed by atoms with Gasteiger partial charge in [-0.25, -0.2) is 0 Å². The van der Waals surface area contributed by atoms with Gasteiger partial charge in [-0.2, -0.15) is 0 Å². The summed E-state index contributed by atoms with van der Waals surface area (Å²) in [5.74, 6) is 1.30. The molecule has 2 unspecified atom stereocenters. The summed E-state index contributed by atoms with van der Waals surface area (Å²) in [6.07, 6.45) is 5.69. The molecule has 1 aliphatic rings. The maximum absolute atomic E-state index is 5.96. The van der Waals surface area contributed by atoms with Gasteiger partial charge in [0, 0.05) is 11.6 Å². The van der Waals surface area contributed by atoms with Gasteiger partial charge in [0.2, 0.25) is 0 Å². The van der Waals surface area contributed by atoms with Crippen molar-refractivity contribution in [3.8, 4) is 0 Å². The fourth-order valence-electron chi connectivity index (χ4n) is 3.24. The Morgan fingerprint density at radius 2 is 2.00 bits per heavy atom. The lowest BCUT2D eigenvalue weighted by molar-refractivity contribution is 0.0760. The van der Waals surface area contributed by atoms with E-state index in [2.05, 4.69) is 23.2 Å². The predicted octanol–water partition coefficient (Wildman–Crippen LogP) is 3.13. The smallest absolute Gasteiger partial charge is 0.0724 e. The van der Waals surface area contributed by atoms with Crippen LogP contribution in [0, 0.1) is 11.8 Å². The van der Waals surface area contributed by atoms with Crippen LogP contribution in [0.5, 0.6) is 0 Å². The average Bonchev–Trinajstić information content (AvgIpc) is 2.95. The lowest BCUT2D eigenvalue weighted by atomic mass is 9.97. The molecule has 0 aliphatic heterocycles. The number of para-hydroxylation sites is 1. The van der Waals surface area contributed by atoms with Crippen molar-refractivity contribution in [1.29, 1.82) is 0 Å². The first-order chi connectivity index (χ1) is 9.88. The predicted molar refractivity (Wildman–Crippen MR) is 81.3 cm³/mol. The second-order valence-corrected chi connectivity index (χ2v) is 5.69. The van der Waals surface area contributed by atoms with Gasteiger partial charge in [0.05, 0.1) is 18.7 Å². The number of rotatable bonds is 5. The van der Waals surface area contributed by atoms with Gasteiger partial charge in [0.25, 0.3) is 0 Å². The Morgan fingerprint density at radius 1 is 1.15 bits per heavy atom. The first-order valence-electron chi connectivity index (χ1n) is 7.49. The Bertz CT molecular complexity index is 564. The van der Waals surface area contributed by atoms with E-state index >= 15 is 0 Å². The summed E-state index contributed by atoms with van der Waals surface area (Å²) in [7, 11) is 0. The summed E-state index contributed by atoms with van der Waals surface area (Å²) in [5.41, 5.74) is 8.07. The Morgan fingerprint density at radius 3 is 2.90 bits per heavy atom. The van der Waals surface area contributed by atoms with Crippen molar-refractivity contribution in [2.24, 2.45) is 17.6 Å². The Labute approximate surface area is 120 Å². The van der Waals surface area contributed by atoms with Crippen LogP contribution in [0.15, 0.2) is 36.5 Å². The van der Waals surface area contributed by atoms with Crippen LogP contribution in [-0.4, -0.2) is 18.1 Å². The highest BCUT2D eigenvalue weighted by molar-refractivity contribution is 5.81. The third-order valence-electron chi connectivity index (χ3n) is 4.45. The maximum Gasteiger partial charge on any atom is 0.0724 e. The van der Waals surface area contributed by atoms with Crippen molar-refractivity contribution in [1.82, 2.24) is 4.98 Å². The average molecular weight is 270 g/mol. The summed E-state index contributed by atoms with van der Waals surface area (Å²) < 4.78 is 5.96. The molecule has 1 aromatic carbocycles. The Balaban J connectivity index is 1.63. The molecule has 3 heteroatoms. The van der Waals surface area contributed by atoms with E-state index in [1.807, 2.05) is 18.3 Å². The van der Waals surface area contributed by atoms with E-state index in [0.717, 1.165) is 18.7 Å². The van der Waals surface area contributed by atoms with Crippen LogP contribution in [0.4, 0.5) is 0 Å². The molecule has 20 heavy (non-hydrogen) atoms. The van der Waals surface area contributed by atoms with Crippen LogP contribution in [0.2, 0.25) is 0 Å². The summed E-state index contributed by atoms with van der Waals surface area (Å²) in [6, 6.07) is 10.3. The number of nitrogens with two attached hydrogens (primary N) is 1. The Hall–Kier alpha value is -1.45. The van der Waals surface area contributed by atoms with E-state index in [0.29, 0.717) is 18.4 Å². The minimum Gasteiger partial charge on any atom is -0.376 e. The summed E-state index contributed by atoms with van der Waals surface area (Å²) in [4.78, 5) is 4.38. The van der Waals surface area contributed by atoms with E-state index in [4.69, 9.17) is 10.5 Å². The molecule has 0 spiro atoms.